The van der Waals surface area contributed by atoms with Crippen molar-refractivity contribution in [2.45, 2.75) is 32.4 Å². The zero-order valence-electron chi connectivity index (χ0n) is 23.0. The summed E-state index contributed by atoms with van der Waals surface area (Å²) < 4.78 is 17.3. The summed E-state index contributed by atoms with van der Waals surface area (Å²) in [7, 11) is 1.63. The molecule has 1 saturated heterocycles. The van der Waals surface area contributed by atoms with Gasteiger partial charge in [-0.1, -0.05) is 55.0 Å². The molecule has 2 N–H and O–H groups in total. The highest BCUT2D eigenvalue weighted by molar-refractivity contribution is 6.03. The number of urea groups is 1. The van der Waals surface area contributed by atoms with Crippen molar-refractivity contribution in [3.63, 3.8) is 0 Å². The monoisotopic (exact) mass is 539 g/mol. The Morgan fingerprint density at radius 3 is 2.23 bits per heavy atom. The summed E-state index contributed by atoms with van der Waals surface area (Å²) in [6.45, 7) is 4.91. The second-order valence-electron chi connectivity index (χ2n) is 10.00. The molecule has 4 aromatic rings. The van der Waals surface area contributed by atoms with E-state index in [1.54, 1.807) is 7.11 Å². The van der Waals surface area contributed by atoms with Crippen molar-refractivity contribution in [3.05, 3.63) is 96.1 Å². The van der Waals surface area contributed by atoms with E-state index in [1.165, 1.54) is 32.4 Å². The number of ether oxygens (including phenoxy) is 3. The Hall–Kier alpha value is -4.23. The van der Waals surface area contributed by atoms with Crippen molar-refractivity contribution < 1.29 is 19.0 Å². The van der Waals surface area contributed by atoms with Crippen LogP contribution in [0.1, 0.15) is 30.4 Å². The third-order valence-corrected chi connectivity index (χ3v) is 7.19. The summed E-state index contributed by atoms with van der Waals surface area (Å²) in [4.78, 5) is 15.1. The Morgan fingerprint density at radius 2 is 1.48 bits per heavy atom. The summed E-state index contributed by atoms with van der Waals surface area (Å²) in [6, 6.07) is 27.1. The molecule has 0 radical (unpaired) electrons. The van der Waals surface area contributed by atoms with E-state index < -0.39 is 0 Å². The van der Waals surface area contributed by atoms with Gasteiger partial charge >= 0.3 is 6.03 Å². The molecule has 0 atom stereocenters. The van der Waals surface area contributed by atoms with Crippen molar-refractivity contribution >= 4 is 22.5 Å². The number of nitrogens with one attached hydrogen (secondary N) is 2. The first-order valence-corrected chi connectivity index (χ1v) is 13.9. The van der Waals surface area contributed by atoms with Crippen molar-refractivity contribution in [1.82, 2.24) is 10.2 Å². The molecule has 2 amide bonds. The molecule has 0 aliphatic carbocycles. The zero-order valence-corrected chi connectivity index (χ0v) is 23.0. The van der Waals surface area contributed by atoms with Crippen molar-refractivity contribution in [3.8, 4) is 17.2 Å². The van der Waals surface area contributed by atoms with Crippen LogP contribution in [0.3, 0.4) is 0 Å². The van der Waals surface area contributed by atoms with Gasteiger partial charge in [0.25, 0.3) is 0 Å². The molecular formula is C33H37N3O4. The Kier molecular flexibility index (Phi) is 9.37. The van der Waals surface area contributed by atoms with Gasteiger partial charge < -0.3 is 24.8 Å². The Labute approximate surface area is 236 Å². The van der Waals surface area contributed by atoms with E-state index in [2.05, 4.69) is 15.5 Å². The molecule has 0 aromatic heterocycles. The van der Waals surface area contributed by atoms with Crippen LogP contribution in [0.4, 0.5) is 10.5 Å². The average Bonchev–Trinajstić information content (AvgIpc) is 3.01. The number of hydrogen-bond donors (Lipinski definition) is 2. The Balaban J connectivity index is 1.14. The van der Waals surface area contributed by atoms with Crippen LogP contribution in [-0.2, 0) is 13.2 Å². The fourth-order valence-corrected chi connectivity index (χ4v) is 4.92. The molecule has 4 aromatic carbocycles. The number of amides is 2. The maximum absolute atomic E-state index is 12.6. The third kappa shape index (κ3) is 7.45. The van der Waals surface area contributed by atoms with Crippen LogP contribution in [0.2, 0.25) is 0 Å². The largest absolute Gasteiger partial charge is 0.497 e. The van der Waals surface area contributed by atoms with Crippen LogP contribution in [0.15, 0.2) is 84.9 Å². The number of benzene rings is 4. The highest BCUT2D eigenvalue weighted by Gasteiger charge is 2.11. The summed E-state index contributed by atoms with van der Waals surface area (Å²) >= 11 is 0. The second-order valence-corrected chi connectivity index (χ2v) is 10.00. The van der Waals surface area contributed by atoms with Gasteiger partial charge in [-0.2, -0.15) is 0 Å². The van der Waals surface area contributed by atoms with Gasteiger partial charge in [0.1, 0.15) is 30.5 Å². The first kappa shape index (κ1) is 27.3. The van der Waals surface area contributed by atoms with E-state index in [-0.39, 0.29) is 6.03 Å². The van der Waals surface area contributed by atoms with Gasteiger partial charge in [0.2, 0.25) is 0 Å². The van der Waals surface area contributed by atoms with Crippen LogP contribution >= 0.6 is 0 Å². The molecule has 40 heavy (non-hydrogen) atoms. The second kappa shape index (κ2) is 13.7. The topological polar surface area (TPSA) is 72.1 Å². The number of likely N-dealkylation sites (tertiary alicyclic amines) is 1. The molecule has 0 spiro atoms. The minimum atomic E-state index is -0.270. The lowest BCUT2D eigenvalue weighted by atomic mass is 10.1. The zero-order chi connectivity index (χ0) is 27.6. The first-order valence-electron chi connectivity index (χ1n) is 13.9. The summed E-state index contributed by atoms with van der Waals surface area (Å²) in [5.74, 6) is 2.43. The molecule has 0 bridgehead atoms. The molecule has 0 saturated carbocycles. The number of carbonyl (C=O) groups is 1. The van der Waals surface area contributed by atoms with Crippen LogP contribution in [0, 0.1) is 0 Å². The van der Waals surface area contributed by atoms with E-state index in [0.717, 1.165) is 51.4 Å². The maximum atomic E-state index is 12.6. The molecule has 1 aliphatic rings. The van der Waals surface area contributed by atoms with E-state index >= 15 is 0 Å². The van der Waals surface area contributed by atoms with Crippen molar-refractivity contribution in [1.29, 1.82) is 0 Å². The van der Waals surface area contributed by atoms with Gasteiger partial charge in [0.05, 0.1) is 12.8 Å². The van der Waals surface area contributed by atoms with Crippen LogP contribution in [0.25, 0.3) is 10.8 Å². The molecule has 0 unspecified atom stereocenters. The standard InChI is InChI=1S/C33H37N3O4/c1-38-27-13-9-25(10-14-27)23-34-33(37)35-31-17-18-32(30-8-4-3-7-29(30)31)40-24-26-11-15-28(16-12-26)39-22-21-36-19-5-2-6-20-36/h3-4,7-18H,2,5-6,19-24H2,1H3,(H2,34,35,37). The van der Waals surface area contributed by atoms with E-state index in [1.807, 2.05) is 84.9 Å². The van der Waals surface area contributed by atoms with E-state index in [9.17, 15) is 4.79 Å². The predicted octanol–water partition coefficient (Wildman–Crippen LogP) is 6.61. The number of anilines is 1. The highest BCUT2D eigenvalue weighted by atomic mass is 16.5. The number of methoxy groups -OCH3 is 1. The molecule has 208 valence electrons. The Morgan fingerprint density at radius 1 is 0.775 bits per heavy atom. The van der Waals surface area contributed by atoms with E-state index in [4.69, 9.17) is 14.2 Å². The molecule has 7 heteroatoms. The number of hydrogen-bond acceptors (Lipinski definition) is 5. The molecule has 7 nitrogen and oxygen atoms in total. The lowest BCUT2D eigenvalue weighted by molar-refractivity contribution is 0.183. The average molecular weight is 540 g/mol. The quantitative estimate of drug-likeness (QED) is 0.224. The summed E-state index contributed by atoms with van der Waals surface area (Å²) in [5, 5.41) is 7.74. The molecular weight excluding hydrogens is 502 g/mol. The third-order valence-electron chi connectivity index (χ3n) is 7.19. The van der Waals surface area contributed by atoms with Gasteiger partial charge in [-0.3, -0.25) is 4.90 Å². The van der Waals surface area contributed by atoms with Gasteiger partial charge in [0.15, 0.2) is 0 Å². The normalized spacial score (nSPS) is 13.5. The van der Waals surface area contributed by atoms with Gasteiger partial charge in [-0.15, -0.1) is 0 Å². The molecule has 5 rings (SSSR count). The van der Waals surface area contributed by atoms with Gasteiger partial charge in [0, 0.05) is 23.9 Å². The van der Waals surface area contributed by atoms with Crippen molar-refractivity contribution in [2.75, 3.05) is 38.7 Å². The number of carbonyl (C=O) groups excluding carboxylic acids is 1. The fourth-order valence-electron chi connectivity index (χ4n) is 4.92. The molecule has 1 heterocycles. The summed E-state index contributed by atoms with van der Waals surface area (Å²) in [5.41, 5.74) is 2.77. The fraction of sp³-hybridized carbons (Fsp3) is 0.303. The number of fused-ring (bicyclic) bond motifs is 1. The van der Waals surface area contributed by atoms with Gasteiger partial charge in [-0.25, -0.2) is 4.79 Å². The lowest BCUT2D eigenvalue weighted by Gasteiger charge is -2.26. The van der Waals surface area contributed by atoms with E-state index in [0.29, 0.717) is 19.8 Å². The van der Waals surface area contributed by atoms with Crippen molar-refractivity contribution in [2.24, 2.45) is 0 Å². The Bertz CT molecular complexity index is 1380. The number of piperidine rings is 1. The summed E-state index contributed by atoms with van der Waals surface area (Å²) in [6.07, 6.45) is 3.94. The van der Waals surface area contributed by atoms with Gasteiger partial charge in [-0.05, 0) is 73.5 Å². The smallest absolute Gasteiger partial charge is 0.319 e. The number of rotatable bonds is 11. The predicted molar refractivity (Wildman–Crippen MR) is 159 cm³/mol. The van der Waals surface area contributed by atoms with Crippen LogP contribution in [0.5, 0.6) is 17.2 Å². The molecule has 1 aliphatic heterocycles. The minimum absolute atomic E-state index is 0.270. The van der Waals surface area contributed by atoms with Crippen LogP contribution < -0.4 is 24.8 Å². The highest BCUT2D eigenvalue weighted by Crippen LogP contribution is 2.32. The van der Waals surface area contributed by atoms with Crippen LogP contribution in [-0.4, -0.2) is 44.3 Å². The maximum Gasteiger partial charge on any atom is 0.319 e. The minimum Gasteiger partial charge on any atom is -0.497 e. The molecule has 1 fully saturated rings. The number of nitrogens with zero attached hydrogens (tertiary/aromatic N) is 1. The lowest BCUT2D eigenvalue weighted by Crippen LogP contribution is -2.33. The SMILES string of the molecule is COc1ccc(CNC(=O)Nc2ccc(OCc3ccc(OCCN4CCCCC4)cc3)c3ccccc23)cc1. The first-order chi connectivity index (χ1) is 19.7.